The first kappa shape index (κ1) is 37.6. The van der Waals surface area contributed by atoms with Gasteiger partial charge in [-0.05, 0) is 94.6 Å². The summed E-state index contributed by atoms with van der Waals surface area (Å²) < 4.78 is 45.4. The van der Waals surface area contributed by atoms with Crippen molar-refractivity contribution in [3.8, 4) is 11.6 Å². The molecule has 2 aromatic carbocycles. The summed E-state index contributed by atoms with van der Waals surface area (Å²) in [6.07, 6.45) is -0.935. The number of rotatable bonds is 7. The fourth-order valence-corrected chi connectivity index (χ4v) is 9.02. The Kier molecular flexibility index (Phi) is 9.41. The standard InChI is InChI=1S/C39H47FN2O9Si/c1-37(2,3)49-36(46)48-26-17-16-25(40)23-18-22-19-24-30(42(7)8)32-29(35(41-50-32)47-20-21-14-12-11-13-15-21)34(45)39(24,51-52(9,10)38(4,5)6)33(44)27(22)31(43)28(23)26/h11-17,22,24,27,30H,18-20H2,1-10H3/t22-,24-,27?,30-,39-/m0/s1. The van der Waals surface area contributed by atoms with E-state index < -0.39 is 77.7 Å². The lowest BCUT2D eigenvalue weighted by molar-refractivity contribution is -0.151. The van der Waals surface area contributed by atoms with Gasteiger partial charge in [-0.25, -0.2) is 9.18 Å². The second-order valence-corrected chi connectivity index (χ2v) is 21.5. The second kappa shape index (κ2) is 13.0. The Balaban J connectivity index is 1.50. The van der Waals surface area contributed by atoms with Gasteiger partial charge in [0.05, 0.1) is 17.5 Å². The third-order valence-corrected chi connectivity index (χ3v) is 15.3. The Bertz CT molecular complexity index is 1930. The maximum atomic E-state index is 15.6. The van der Waals surface area contributed by atoms with E-state index in [-0.39, 0.29) is 53.5 Å². The Hall–Kier alpha value is -4.20. The number of ketones is 3. The zero-order valence-corrected chi connectivity index (χ0v) is 32.4. The quantitative estimate of drug-likeness (QED) is 0.103. The van der Waals surface area contributed by atoms with Crippen LogP contribution in [0.5, 0.6) is 11.6 Å². The van der Waals surface area contributed by atoms with Crippen LogP contribution in [-0.2, 0) is 27.0 Å². The normalized spacial score (nSPS) is 24.5. The van der Waals surface area contributed by atoms with Crippen LogP contribution in [-0.4, -0.2) is 67.2 Å². The number of halogens is 1. The molecule has 0 N–H and O–H groups in total. The average molecular weight is 735 g/mol. The molecule has 3 aromatic rings. The molecule has 3 aliphatic rings. The first-order chi connectivity index (χ1) is 24.2. The van der Waals surface area contributed by atoms with E-state index >= 15 is 14.0 Å². The number of hydrogen-bond donors (Lipinski definition) is 0. The monoisotopic (exact) mass is 734 g/mol. The van der Waals surface area contributed by atoms with E-state index in [9.17, 15) is 9.59 Å². The highest BCUT2D eigenvalue weighted by Crippen LogP contribution is 2.58. The van der Waals surface area contributed by atoms with Gasteiger partial charge in [-0.3, -0.25) is 19.3 Å². The molecule has 0 radical (unpaired) electrons. The van der Waals surface area contributed by atoms with Gasteiger partial charge in [0, 0.05) is 11.5 Å². The second-order valence-electron chi connectivity index (χ2n) is 16.8. The predicted molar refractivity (Wildman–Crippen MR) is 190 cm³/mol. The van der Waals surface area contributed by atoms with Crippen LogP contribution >= 0.6 is 0 Å². The number of carbonyl (C=O) groups is 4. The van der Waals surface area contributed by atoms with Crippen LogP contribution in [0.1, 0.15) is 91.6 Å². The Morgan fingerprint density at radius 3 is 2.31 bits per heavy atom. The smallest absolute Gasteiger partial charge is 0.470 e. The molecule has 0 aliphatic heterocycles. The van der Waals surface area contributed by atoms with Crippen molar-refractivity contribution in [2.75, 3.05) is 14.1 Å². The fraction of sp³-hybridized carbons (Fsp3) is 0.513. The SMILES string of the molecule is CN(C)[C@@H]1c2onc(OCc3ccccc3)c2C(=O)[C@@]2(O[Si](C)(C)C(C)(C)C)C(=O)C3C(=O)c4c(OC(=O)OC(C)(C)C)ccc(F)c4C[C@H]3C[C@@H]12. The lowest BCUT2D eigenvalue weighted by atomic mass is 9.54. The van der Waals surface area contributed by atoms with Crippen molar-refractivity contribution in [2.45, 2.75) is 96.4 Å². The maximum absolute atomic E-state index is 15.6. The molecule has 278 valence electrons. The van der Waals surface area contributed by atoms with E-state index in [1.54, 1.807) is 20.8 Å². The van der Waals surface area contributed by atoms with Crippen molar-refractivity contribution in [3.05, 3.63) is 76.3 Å². The van der Waals surface area contributed by atoms with Gasteiger partial charge in [-0.1, -0.05) is 51.1 Å². The summed E-state index contributed by atoms with van der Waals surface area (Å²) in [7, 11) is 0.652. The van der Waals surface area contributed by atoms with Crippen LogP contribution in [0.4, 0.5) is 9.18 Å². The number of ether oxygens (including phenoxy) is 3. The van der Waals surface area contributed by atoms with Crippen molar-refractivity contribution in [2.24, 2.45) is 17.8 Å². The molecule has 52 heavy (non-hydrogen) atoms. The van der Waals surface area contributed by atoms with Gasteiger partial charge < -0.3 is 23.2 Å². The number of carbonyl (C=O) groups excluding carboxylic acids is 4. The number of fused-ring (bicyclic) bond motifs is 4. The first-order valence-corrected chi connectivity index (χ1v) is 20.5. The van der Waals surface area contributed by atoms with Gasteiger partial charge in [0.2, 0.25) is 5.78 Å². The molecule has 1 fully saturated rings. The lowest BCUT2D eigenvalue weighted by Crippen LogP contribution is -2.70. The number of benzene rings is 2. The third-order valence-electron chi connectivity index (χ3n) is 10.9. The van der Waals surface area contributed by atoms with Gasteiger partial charge in [-0.15, -0.1) is 0 Å². The molecule has 0 bridgehead atoms. The minimum absolute atomic E-state index is 0.0000383. The molecule has 1 saturated carbocycles. The summed E-state index contributed by atoms with van der Waals surface area (Å²) in [5.74, 6) is -5.74. The molecule has 3 aliphatic carbocycles. The van der Waals surface area contributed by atoms with Crippen molar-refractivity contribution < 1.29 is 46.7 Å². The average Bonchev–Trinajstić information content (AvgIpc) is 3.45. The van der Waals surface area contributed by atoms with Gasteiger partial charge in [-0.2, -0.15) is 0 Å². The predicted octanol–water partition coefficient (Wildman–Crippen LogP) is 7.53. The van der Waals surface area contributed by atoms with Crippen molar-refractivity contribution in [3.63, 3.8) is 0 Å². The number of aromatic nitrogens is 1. The van der Waals surface area contributed by atoms with Crippen molar-refractivity contribution in [1.82, 2.24) is 10.1 Å². The summed E-state index contributed by atoms with van der Waals surface area (Å²) in [6.45, 7) is 15.0. The molecule has 0 saturated heterocycles. The first-order valence-electron chi connectivity index (χ1n) is 17.6. The van der Waals surface area contributed by atoms with Gasteiger partial charge in [0.25, 0.3) is 5.88 Å². The van der Waals surface area contributed by atoms with Gasteiger partial charge in [0.15, 0.2) is 31.2 Å². The van der Waals surface area contributed by atoms with Gasteiger partial charge in [0.1, 0.15) is 29.3 Å². The summed E-state index contributed by atoms with van der Waals surface area (Å²) >= 11 is 0. The van der Waals surface area contributed by atoms with Crippen LogP contribution in [0.3, 0.4) is 0 Å². The number of hydrogen-bond acceptors (Lipinski definition) is 11. The Morgan fingerprint density at radius 2 is 1.69 bits per heavy atom. The van der Waals surface area contributed by atoms with Crippen LogP contribution in [0.2, 0.25) is 18.1 Å². The third kappa shape index (κ3) is 6.30. The molecule has 1 aromatic heterocycles. The lowest BCUT2D eigenvalue weighted by Gasteiger charge is -2.56. The van der Waals surface area contributed by atoms with E-state index in [1.165, 1.54) is 6.07 Å². The van der Waals surface area contributed by atoms with Crippen LogP contribution < -0.4 is 9.47 Å². The zero-order valence-electron chi connectivity index (χ0n) is 31.4. The van der Waals surface area contributed by atoms with E-state index in [4.69, 9.17) is 23.2 Å². The van der Waals surface area contributed by atoms with Crippen molar-refractivity contribution in [1.29, 1.82) is 0 Å². The molecule has 11 nitrogen and oxygen atoms in total. The summed E-state index contributed by atoms with van der Waals surface area (Å²) in [6, 6.07) is 11.0. The maximum Gasteiger partial charge on any atom is 0.514 e. The Labute approximate surface area is 304 Å². The Morgan fingerprint density at radius 1 is 1.02 bits per heavy atom. The summed E-state index contributed by atoms with van der Waals surface area (Å²) in [4.78, 5) is 60.0. The number of nitrogens with zero attached hydrogens (tertiary/aromatic N) is 2. The highest BCUT2D eigenvalue weighted by Gasteiger charge is 2.70. The zero-order chi connectivity index (χ0) is 38.1. The molecule has 0 spiro atoms. The molecule has 1 heterocycles. The van der Waals surface area contributed by atoms with Crippen LogP contribution in [0.25, 0.3) is 0 Å². The highest BCUT2D eigenvalue weighted by molar-refractivity contribution is 6.74. The minimum Gasteiger partial charge on any atom is -0.470 e. The molecule has 0 amide bonds. The summed E-state index contributed by atoms with van der Waals surface area (Å²) in [5, 5.41) is 3.75. The largest absolute Gasteiger partial charge is 0.514 e. The number of Topliss-reactive ketones (excluding diaryl/α,β-unsaturated/α-hetero) is 3. The molecule has 13 heteroatoms. The molecule has 6 rings (SSSR count). The van der Waals surface area contributed by atoms with E-state index in [2.05, 4.69) is 5.16 Å². The van der Waals surface area contributed by atoms with E-state index in [0.717, 1.165) is 11.6 Å². The fourth-order valence-electron chi connectivity index (χ4n) is 7.57. The van der Waals surface area contributed by atoms with Crippen LogP contribution in [0.15, 0.2) is 47.0 Å². The van der Waals surface area contributed by atoms with Crippen molar-refractivity contribution >= 4 is 31.8 Å². The molecule has 5 atom stereocenters. The minimum atomic E-state index is -2.97. The van der Waals surface area contributed by atoms with Gasteiger partial charge >= 0.3 is 6.16 Å². The molecule has 1 unspecified atom stereocenters. The highest BCUT2D eigenvalue weighted by atomic mass is 28.4. The van der Waals surface area contributed by atoms with Crippen LogP contribution in [0, 0.1) is 23.6 Å². The van der Waals surface area contributed by atoms with E-state index in [0.29, 0.717) is 0 Å². The topological polar surface area (TPSA) is 134 Å². The summed E-state index contributed by atoms with van der Waals surface area (Å²) in [5.41, 5.74) is -2.38. The molecular weight excluding hydrogens is 688 g/mol. The van der Waals surface area contributed by atoms with E-state index in [1.807, 2.05) is 83.2 Å². The molecular formula is C39H47FN2O9Si.